The maximum absolute atomic E-state index is 12.1. The fourth-order valence-electron chi connectivity index (χ4n) is 1.99. The van der Waals surface area contributed by atoms with Crippen molar-refractivity contribution in [2.24, 2.45) is 0 Å². The van der Waals surface area contributed by atoms with Crippen LogP contribution in [0, 0.1) is 17.0 Å². The Morgan fingerprint density at radius 1 is 1.25 bits per heavy atom. The molecule has 0 bridgehead atoms. The summed E-state index contributed by atoms with van der Waals surface area (Å²) in [4.78, 5) is 34.3. The highest BCUT2D eigenvalue weighted by molar-refractivity contribution is 6.31. The molecule has 24 heavy (non-hydrogen) atoms. The minimum atomic E-state index is -0.779. The largest absolute Gasteiger partial charge is 0.454 e. The van der Waals surface area contributed by atoms with E-state index in [1.54, 1.807) is 6.92 Å². The minimum Gasteiger partial charge on any atom is -0.454 e. The number of nitrogens with two attached hydrogens (primary N) is 1. The van der Waals surface area contributed by atoms with Gasteiger partial charge in [0, 0.05) is 27.9 Å². The van der Waals surface area contributed by atoms with Crippen LogP contribution in [-0.2, 0) is 4.74 Å². The van der Waals surface area contributed by atoms with Crippen LogP contribution in [0.1, 0.15) is 26.3 Å². The summed E-state index contributed by atoms with van der Waals surface area (Å²) in [6.45, 7) is 1.01. The van der Waals surface area contributed by atoms with Gasteiger partial charge in [-0.25, -0.2) is 4.79 Å². The number of carbonyl (C=O) groups excluding carboxylic acids is 2. The summed E-state index contributed by atoms with van der Waals surface area (Å²) in [6, 6.07) is 8.31. The molecule has 0 spiro atoms. The van der Waals surface area contributed by atoms with E-state index in [0.29, 0.717) is 10.6 Å². The summed E-state index contributed by atoms with van der Waals surface area (Å²) in [5.74, 6) is -1.34. The molecule has 0 aliphatic rings. The Morgan fingerprint density at radius 2 is 1.96 bits per heavy atom. The standard InChI is InChI=1S/C16H13ClN2O5/c1-9-2-3-10(6-14(9)19(22)23)15(20)8-24-16(21)12-5-4-11(17)7-13(12)18/h2-7H,8,18H2,1H3. The monoisotopic (exact) mass is 348 g/mol. The predicted molar refractivity (Wildman–Crippen MR) is 88.3 cm³/mol. The topological polar surface area (TPSA) is 113 Å². The zero-order valence-electron chi connectivity index (χ0n) is 12.6. The lowest BCUT2D eigenvalue weighted by Crippen LogP contribution is -2.15. The highest BCUT2D eigenvalue weighted by Gasteiger charge is 2.17. The van der Waals surface area contributed by atoms with Crippen molar-refractivity contribution >= 4 is 34.7 Å². The van der Waals surface area contributed by atoms with Crippen LogP contribution in [0.25, 0.3) is 0 Å². The van der Waals surface area contributed by atoms with Crippen molar-refractivity contribution < 1.29 is 19.2 Å². The van der Waals surface area contributed by atoms with Crippen LogP contribution >= 0.6 is 11.6 Å². The maximum atomic E-state index is 12.1. The van der Waals surface area contributed by atoms with E-state index < -0.39 is 23.3 Å². The molecule has 2 N–H and O–H groups in total. The molecule has 2 aromatic carbocycles. The zero-order valence-corrected chi connectivity index (χ0v) is 13.4. The molecular formula is C16H13ClN2O5. The molecular weight excluding hydrogens is 336 g/mol. The lowest BCUT2D eigenvalue weighted by atomic mass is 10.1. The number of anilines is 1. The van der Waals surface area contributed by atoms with Gasteiger partial charge in [-0.05, 0) is 25.1 Å². The predicted octanol–water partition coefficient (Wildman–Crippen LogP) is 3.18. The fraction of sp³-hybridized carbons (Fsp3) is 0.125. The third-order valence-corrected chi connectivity index (χ3v) is 3.53. The molecule has 124 valence electrons. The molecule has 0 fully saturated rings. The number of Topliss-reactive ketones (excluding diaryl/α,β-unsaturated/α-hetero) is 1. The second-order valence-electron chi connectivity index (χ2n) is 4.99. The highest BCUT2D eigenvalue weighted by atomic mass is 35.5. The van der Waals surface area contributed by atoms with Gasteiger partial charge < -0.3 is 10.5 Å². The van der Waals surface area contributed by atoms with Gasteiger partial charge in [-0.15, -0.1) is 0 Å². The average molecular weight is 349 g/mol. The molecule has 0 unspecified atom stereocenters. The number of hydrogen-bond donors (Lipinski definition) is 1. The third-order valence-electron chi connectivity index (χ3n) is 3.30. The van der Waals surface area contributed by atoms with Gasteiger partial charge in [0.25, 0.3) is 5.69 Å². The Balaban J connectivity index is 2.09. The van der Waals surface area contributed by atoms with Gasteiger partial charge in [0.15, 0.2) is 6.61 Å². The number of hydrogen-bond acceptors (Lipinski definition) is 6. The molecule has 0 amide bonds. The Bertz CT molecular complexity index is 835. The van der Waals surface area contributed by atoms with Gasteiger partial charge in [-0.1, -0.05) is 23.7 Å². The summed E-state index contributed by atoms with van der Waals surface area (Å²) in [5.41, 5.74) is 6.23. The van der Waals surface area contributed by atoms with Crippen LogP contribution < -0.4 is 5.73 Å². The van der Waals surface area contributed by atoms with Crippen LogP contribution in [0.2, 0.25) is 5.02 Å². The first-order valence-corrected chi connectivity index (χ1v) is 7.18. The fourth-order valence-corrected chi connectivity index (χ4v) is 2.17. The van der Waals surface area contributed by atoms with Crippen molar-refractivity contribution in [1.82, 2.24) is 0 Å². The zero-order chi connectivity index (χ0) is 17.9. The Kier molecular flexibility index (Phi) is 5.15. The summed E-state index contributed by atoms with van der Waals surface area (Å²) >= 11 is 5.74. The summed E-state index contributed by atoms with van der Waals surface area (Å²) < 4.78 is 4.91. The summed E-state index contributed by atoms with van der Waals surface area (Å²) in [6.07, 6.45) is 0. The van der Waals surface area contributed by atoms with Crippen LogP contribution in [0.5, 0.6) is 0 Å². The number of nitrogen functional groups attached to an aromatic ring is 1. The van der Waals surface area contributed by atoms with Crippen LogP contribution in [0.15, 0.2) is 36.4 Å². The van der Waals surface area contributed by atoms with E-state index in [1.165, 1.54) is 30.3 Å². The number of ketones is 1. The molecule has 0 saturated heterocycles. The average Bonchev–Trinajstić information content (AvgIpc) is 2.52. The molecule has 7 nitrogen and oxygen atoms in total. The number of nitro benzene ring substituents is 1. The SMILES string of the molecule is Cc1ccc(C(=O)COC(=O)c2ccc(Cl)cc2N)cc1[N+](=O)[O-]. The summed E-state index contributed by atoms with van der Waals surface area (Å²) in [7, 11) is 0. The molecule has 0 heterocycles. The molecule has 0 aromatic heterocycles. The lowest BCUT2D eigenvalue weighted by Gasteiger charge is -2.07. The molecule has 2 aromatic rings. The van der Waals surface area contributed by atoms with E-state index in [1.807, 2.05) is 0 Å². The lowest BCUT2D eigenvalue weighted by molar-refractivity contribution is -0.385. The normalized spacial score (nSPS) is 10.2. The number of aryl methyl sites for hydroxylation is 1. The molecule has 0 saturated carbocycles. The second-order valence-corrected chi connectivity index (χ2v) is 5.43. The van der Waals surface area contributed by atoms with E-state index >= 15 is 0 Å². The van der Waals surface area contributed by atoms with Crippen LogP contribution in [0.4, 0.5) is 11.4 Å². The van der Waals surface area contributed by atoms with Gasteiger partial charge in [0.1, 0.15) is 0 Å². The van der Waals surface area contributed by atoms with Crippen molar-refractivity contribution in [2.45, 2.75) is 6.92 Å². The number of benzene rings is 2. The van der Waals surface area contributed by atoms with Gasteiger partial charge in [0.05, 0.1) is 10.5 Å². The van der Waals surface area contributed by atoms with Crippen molar-refractivity contribution in [3.05, 3.63) is 68.2 Å². The van der Waals surface area contributed by atoms with E-state index in [9.17, 15) is 19.7 Å². The molecule has 0 radical (unpaired) electrons. The number of carbonyl (C=O) groups is 2. The van der Waals surface area contributed by atoms with Gasteiger partial charge >= 0.3 is 5.97 Å². The number of rotatable bonds is 5. The number of ether oxygens (including phenoxy) is 1. The first-order valence-electron chi connectivity index (χ1n) is 6.80. The van der Waals surface area contributed by atoms with Crippen molar-refractivity contribution in [1.29, 1.82) is 0 Å². The van der Waals surface area contributed by atoms with E-state index in [-0.39, 0.29) is 22.5 Å². The summed E-state index contributed by atoms with van der Waals surface area (Å²) in [5, 5.41) is 11.3. The quantitative estimate of drug-likeness (QED) is 0.292. The maximum Gasteiger partial charge on any atom is 0.340 e. The van der Waals surface area contributed by atoms with E-state index in [4.69, 9.17) is 22.1 Å². The first kappa shape index (κ1) is 17.4. The second kappa shape index (κ2) is 7.10. The third kappa shape index (κ3) is 3.88. The van der Waals surface area contributed by atoms with Gasteiger partial charge in [-0.3, -0.25) is 14.9 Å². The van der Waals surface area contributed by atoms with Crippen LogP contribution in [0.3, 0.4) is 0 Å². The highest BCUT2D eigenvalue weighted by Crippen LogP contribution is 2.21. The Morgan fingerprint density at radius 3 is 2.58 bits per heavy atom. The number of nitrogens with zero attached hydrogens (tertiary/aromatic N) is 1. The number of esters is 1. The molecule has 2 rings (SSSR count). The first-order chi connectivity index (χ1) is 11.3. The molecule has 8 heteroatoms. The molecule has 0 aliphatic carbocycles. The number of halogens is 1. The Hall–Kier alpha value is -2.93. The molecule has 0 atom stereocenters. The van der Waals surface area contributed by atoms with E-state index in [2.05, 4.69) is 0 Å². The van der Waals surface area contributed by atoms with Crippen molar-refractivity contribution in [3.63, 3.8) is 0 Å². The van der Waals surface area contributed by atoms with E-state index in [0.717, 1.165) is 6.07 Å². The van der Waals surface area contributed by atoms with Crippen molar-refractivity contribution in [2.75, 3.05) is 12.3 Å². The van der Waals surface area contributed by atoms with Crippen LogP contribution in [-0.4, -0.2) is 23.3 Å². The smallest absolute Gasteiger partial charge is 0.340 e. The number of nitro groups is 1. The molecule has 0 aliphatic heterocycles. The van der Waals surface area contributed by atoms with Gasteiger partial charge in [0.2, 0.25) is 5.78 Å². The van der Waals surface area contributed by atoms with Crippen molar-refractivity contribution in [3.8, 4) is 0 Å². The minimum absolute atomic E-state index is 0.0853. The van der Waals surface area contributed by atoms with Gasteiger partial charge in [-0.2, -0.15) is 0 Å². The Labute approximate surface area is 142 Å².